The zero-order valence-electron chi connectivity index (χ0n) is 23.1. The summed E-state index contributed by atoms with van der Waals surface area (Å²) in [4.78, 5) is 44.4. The van der Waals surface area contributed by atoms with Crippen LogP contribution in [0.25, 0.3) is 11.3 Å². The third kappa shape index (κ3) is 5.88. The Kier molecular flexibility index (Phi) is 8.58. The number of carbonyl (C=O) groups excluding carboxylic acids is 2. The lowest BCUT2D eigenvalue weighted by Gasteiger charge is -2.19. The number of rotatable bonds is 8. The van der Waals surface area contributed by atoms with Crippen LogP contribution in [0.15, 0.2) is 43.1 Å². The molecule has 4 atom stereocenters. The van der Waals surface area contributed by atoms with Gasteiger partial charge in [0.25, 0.3) is 5.91 Å². The van der Waals surface area contributed by atoms with Gasteiger partial charge in [0.2, 0.25) is 11.9 Å². The highest BCUT2D eigenvalue weighted by Gasteiger charge is 2.30. The van der Waals surface area contributed by atoms with Crippen LogP contribution in [0.2, 0.25) is 5.02 Å². The quantitative estimate of drug-likeness (QED) is 0.287. The Balaban J connectivity index is 1.35. The smallest absolute Gasteiger partial charge is 0.275 e. The van der Waals surface area contributed by atoms with Crippen molar-refractivity contribution < 1.29 is 19.1 Å². The molecule has 0 spiro atoms. The van der Waals surface area contributed by atoms with Gasteiger partial charge in [0.15, 0.2) is 0 Å². The van der Waals surface area contributed by atoms with Crippen LogP contribution in [0.3, 0.4) is 0 Å². The molecule has 1 aliphatic heterocycles. The number of aromatic nitrogens is 6. The summed E-state index contributed by atoms with van der Waals surface area (Å²) in [5.41, 5.74) is 2.70. The number of amides is 2. The monoisotopic (exact) mass is 610 g/mol. The van der Waals surface area contributed by atoms with E-state index < -0.39 is 18.1 Å². The van der Waals surface area contributed by atoms with Crippen molar-refractivity contribution in [1.29, 1.82) is 0 Å². The number of anilines is 2. The zero-order chi connectivity index (χ0) is 30.1. The molecule has 4 aromatic rings. The van der Waals surface area contributed by atoms with E-state index in [2.05, 4.69) is 39.6 Å². The normalized spacial score (nSPS) is 16.5. The van der Waals surface area contributed by atoms with Gasteiger partial charge in [-0.2, -0.15) is 5.10 Å². The summed E-state index contributed by atoms with van der Waals surface area (Å²) in [6, 6.07) is 2.56. The molecule has 1 saturated heterocycles. The predicted octanol–water partition coefficient (Wildman–Crippen LogP) is 3.83. The van der Waals surface area contributed by atoms with Gasteiger partial charge in [-0.05, 0) is 36.7 Å². The molecule has 3 aromatic heterocycles. The number of aryl methyl sites for hydroxylation is 1. The lowest BCUT2D eigenvalue weighted by molar-refractivity contribution is -0.117. The molecule has 4 heterocycles. The number of benzene rings is 1. The zero-order valence-corrected chi connectivity index (χ0v) is 25.0. The van der Waals surface area contributed by atoms with Crippen LogP contribution >= 0.6 is 20.8 Å². The van der Waals surface area contributed by atoms with Crippen LogP contribution in [0.4, 0.5) is 16.0 Å². The molecule has 1 fully saturated rings. The van der Waals surface area contributed by atoms with E-state index in [1.165, 1.54) is 30.2 Å². The average Bonchev–Trinajstić information content (AvgIpc) is 3.56. The molecule has 0 bridgehead atoms. The highest BCUT2D eigenvalue weighted by molar-refractivity contribution is 7.28. The first kappa shape index (κ1) is 29.6. The number of hydrogen-bond acceptors (Lipinski definition) is 8. The van der Waals surface area contributed by atoms with E-state index in [0.717, 1.165) is 0 Å². The maximum absolute atomic E-state index is 14.4. The molecule has 0 aliphatic carbocycles. The molecule has 218 valence electrons. The summed E-state index contributed by atoms with van der Waals surface area (Å²) in [6.07, 6.45) is 6.50. The van der Waals surface area contributed by atoms with E-state index in [0.29, 0.717) is 63.0 Å². The topological polar surface area (TPSA) is 139 Å². The van der Waals surface area contributed by atoms with E-state index in [4.69, 9.17) is 11.6 Å². The third-order valence-electron chi connectivity index (χ3n) is 7.05. The largest absolute Gasteiger partial charge is 0.394 e. The van der Waals surface area contributed by atoms with Crippen LogP contribution in [-0.4, -0.2) is 59.8 Å². The minimum Gasteiger partial charge on any atom is -0.394 e. The first-order chi connectivity index (χ1) is 20.1. The predicted molar refractivity (Wildman–Crippen MR) is 160 cm³/mol. The second-order valence-corrected chi connectivity index (χ2v) is 11.2. The molecule has 11 nitrogen and oxygen atoms in total. The summed E-state index contributed by atoms with van der Waals surface area (Å²) < 4.78 is 15.9. The Morgan fingerprint density at radius 3 is 2.69 bits per heavy atom. The van der Waals surface area contributed by atoms with Gasteiger partial charge < -0.3 is 10.4 Å². The van der Waals surface area contributed by atoms with Crippen molar-refractivity contribution in [1.82, 2.24) is 29.7 Å². The van der Waals surface area contributed by atoms with Gasteiger partial charge in [-0.3, -0.25) is 24.2 Å². The number of nitrogens with one attached hydrogen (secondary N) is 1. The average molecular weight is 611 g/mol. The highest BCUT2D eigenvalue weighted by Crippen LogP contribution is 2.31. The van der Waals surface area contributed by atoms with Crippen LogP contribution in [0.1, 0.15) is 59.8 Å². The van der Waals surface area contributed by atoms with Crippen LogP contribution < -0.4 is 15.5 Å². The van der Waals surface area contributed by atoms with Crippen LogP contribution in [0.5, 0.6) is 0 Å². The molecule has 2 unspecified atom stereocenters. The van der Waals surface area contributed by atoms with Gasteiger partial charge in [0.1, 0.15) is 17.9 Å². The van der Waals surface area contributed by atoms with E-state index in [1.807, 2.05) is 6.92 Å². The molecule has 14 heteroatoms. The summed E-state index contributed by atoms with van der Waals surface area (Å²) >= 11 is 6.27. The van der Waals surface area contributed by atoms with Crippen molar-refractivity contribution in [2.45, 2.75) is 39.4 Å². The van der Waals surface area contributed by atoms with Crippen molar-refractivity contribution >= 4 is 49.6 Å². The maximum atomic E-state index is 14.4. The Labute approximate surface area is 248 Å². The fraction of sp³-hybridized carbons (Fsp3) is 0.321. The molecule has 1 aromatic carbocycles. The van der Waals surface area contributed by atoms with Gasteiger partial charge in [-0.15, -0.1) is 9.24 Å². The van der Waals surface area contributed by atoms with E-state index in [1.54, 1.807) is 36.4 Å². The van der Waals surface area contributed by atoms with Gasteiger partial charge in [-0.25, -0.2) is 19.3 Å². The SMILES string of the molecule is Cc1nc(N2C[C@@H](C)CC2=O)ncc1[C@H](CO)n1cc(NC(=O)c2cncc(-c3c(C(C)F)ccc(Cl)c3P)n2)cn1. The van der Waals surface area contributed by atoms with E-state index in [-0.39, 0.29) is 24.1 Å². The number of hydrogen-bond donors (Lipinski definition) is 2. The molecule has 1 aliphatic rings. The lowest BCUT2D eigenvalue weighted by atomic mass is 10.0. The molecule has 0 radical (unpaired) electrons. The van der Waals surface area contributed by atoms with Crippen LogP contribution in [0, 0.1) is 12.8 Å². The molecular formula is C28H29ClFN8O3P. The van der Waals surface area contributed by atoms with Crippen molar-refractivity contribution in [3.8, 4) is 11.3 Å². The summed E-state index contributed by atoms with van der Waals surface area (Å²) in [5, 5.41) is 18.2. The first-order valence-electron chi connectivity index (χ1n) is 13.2. The molecular weight excluding hydrogens is 582 g/mol. The van der Waals surface area contributed by atoms with E-state index >= 15 is 0 Å². The Hall–Kier alpha value is -3.86. The first-order valence-corrected chi connectivity index (χ1v) is 14.2. The summed E-state index contributed by atoms with van der Waals surface area (Å²) in [7, 11) is 2.49. The Morgan fingerprint density at radius 2 is 2.02 bits per heavy atom. The van der Waals surface area contributed by atoms with Gasteiger partial charge in [-0.1, -0.05) is 24.6 Å². The number of carbonyl (C=O) groups is 2. The maximum Gasteiger partial charge on any atom is 0.275 e. The van der Waals surface area contributed by atoms with Crippen molar-refractivity contribution in [2.75, 3.05) is 23.4 Å². The molecule has 42 heavy (non-hydrogen) atoms. The van der Waals surface area contributed by atoms with Crippen LogP contribution in [-0.2, 0) is 4.79 Å². The highest BCUT2D eigenvalue weighted by atomic mass is 35.5. The second kappa shape index (κ2) is 12.2. The fourth-order valence-electron chi connectivity index (χ4n) is 4.92. The number of aliphatic hydroxyl groups is 1. The van der Waals surface area contributed by atoms with Crippen molar-refractivity contribution in [2.24, 2.45) is 5.92 Å². The number of halogens is 2. The molecule has 5 rings (SSSR count). The fourth-order valence-corrected chi connectivity index (χ4v) is 5.49. The third-order valence-corrected chi connectivity index (χ3v) is 8.16. The Morgan fingerprint density at radius 1 is 1.24 bits per heavy atom. The minimum atomic E-state index is -1.29. The van der Waals surface area contributed by atoms with Crippen molar-refractivity contribution in [3.05, 3.63) is 70.7 Å². The Bertz CT molecular complexity index is 1670. The summed E-state index contributed by atoms with van der Waals surface area (Å²) in [6.45, 7) is 5.44. The van der Waals surface area contributed by atoms with Gasteiger partial charge >= 0.3 is 0 Å². The number of alkyl halides is 1. The van der Waals surface area contributed by atoms with Crippen molar-refractivity contribution in [3.63, 3.8) is 0 Å². The molecule has 2 amide bonds. The minimum absolute atomic E-state index is 0.00593. The number of nitrogens with zero attached hydrogens (tertiary/aromatic N) is 7. The van der Waals surface area contributed by atoms with Gasteiger partial charge in [0.05, 0.1) is 36.6 Å². The number of aliphatic hydroxyl groups excluding tert-OH is 1. The lowest BCUT2D eigenvalue weighted by Crippen LogP contribution is -2.27. The summed E-state index contributed by atoms with van der Waals surface area (Å²) in [5.74, 6) is -0.0116. The van der Waals surface area contributed by atoms with Gasteiger partial charge in [0, 0.05) is 47.2 Å². The molecule has 2 N–H and O–H groups in total. The molecule has 0 saturated carbocycles. The van der Waals surface area contributed by atoms with E-state index in [9.17, 15) is 19.1 Å². The standard InChI is InChI=1S/C28H29ClFN8O3P/c1-14-6-24(40)37(11-14)28-32-8-19(16(3)34-28)23(13-39)38-12-17(7-33-38)35-27(41)22-10-31-9-21(36-22)25-18(15(2)30)4-5-20(29)26(25)42/h4-5,7-10,12,14-15,23,39H,6,11,13,42H2,1-3H3,(H,35,41)/t14-,15?,23-/m0/s1. The second-order valence-electron chi connectivity index (χ2n) is 10.2.